The van der Waals surface area contributed by atoms with Gasteiger partial charge in [0.1, 0.15) is 5.60 Å². The van der Waals surface area contributed by atoms with Crippen molar-refractivity contribution in [3.63, 3.8) is 0 Å². The van der Waals surface area contributed by atoms with Crippen LogP contribution in [0.15, 0.2) is 18.2 Å². The maximum absolute atomic E-state index is 12.5. The molecule has 0 spiro atoms. The summed E-state index contributed by atoms with van der Waals surface area (Å²) in [7, 11) is 0. The lowest BCUT2D eigenvalue weighted by atomic mass is 9.89. The second-order valence-electron chi connectivity index (χ2n) is 7.28. The number of rotatable bonds is 1. The second kappa shape index (κ2) is 5.92. The number of fused-ring (bicyclic) bond motifs is 1. The number of carbonyl (C=O) groups excluding carboxylic acids is 1. The Hall–Kier alpha value is -1.55. The maximum Gasteiger partial charge on any atom is 0.414 e. The number of anilines is 1. The molecule has 0 radical (unpaired) electrons. The molecule has 1 aromatic rings. The Bertz CT molecular complexity index is 557. The van der Waals surface area contributed by atoms with Crippen molar-refractivity contribution in [2.24, 2.45) is 0 Å². The number of benzene rings is 1. The number of carbonyl (C=O) groups is 1. The first-order valence-corrected chi connectivity index (χ1v) is 8.29. The van der Waals surface area contributed by atoms with Gasteiger partial charge in [-0.2, -0.15) is 0 Å². The van der Waals surface area contributed by atoms with Crippen LogP contribution in [-0.4, -0.2) is 31.3 Å². The number of hydrogen-bond acceptors (Lipinski definition) is 3. The van der Waals surface area contributed by atoms with Gasteiger partial charge in [-0.1, -0.05) is 18.2 Å². The molecule has 1 amide bonds. The van der Waals surface area contributed by atoms with Gasteiger partial charge in [-0.3, -0.25) is 4.90 Å². The summed E-state index contributed by atoms with van der Waals surface area (Å²) in [4.78, 5) is 14.4. The van der Waals surface area contributed by atoms with Crippen molar-refractivity contribution in [2.75, 3.05) is 24.5 Å². The topological polar surface area (TPSA) is 41.6 Å². The highest BCUT2D eigenvalue weighted by atomic mass is 16.6. The van der Waals surface area contributed by atoms with Gasteiger partial charge in [-0.05, 0) is 63.6 Å². The Kier molecular flexibility index (Phi) is 4.13. The quantitative estimate of drug-likeness (QED) is 0.864. The number of ether oxygens (including phenoxy) is 1. The summed E-state index contributed by atoms with van der Waals surface area (Å²) in [5, 5.41) is 3.47. The molecule has 4 nitrogen and oxygen atoms in total. The molecule has 120 valence electrons. The molecule has 0 aliphatic carbocycles. The van der Waals surface area contributed by atoms with Gasteiger partial charge < -0.3 is 10.1 Å². The summed E-state index contributed by atoms with van der Waals surface area (Å²) >= 11 is 0. The Morgan fingerprint density at radius 3 is 2.86 bits per heavy atom. The van der Waals surface area contributed by atoms with Gasteiger partial charge in [-0.15, -0.1) is 0 Å². The first-order chi connectivity index (χ1) is 10.5. The van der Waals surface area contributed by atoms with Gasteiger partial charge in [0.15, 0.2) is 0 Å². The van der Waals surface area contributed by atoms with Crippen molar-refractivity contribution in [2.45, 2.75) is 51.6 Å². The van der Waals surface area contributed by atoms with Gasteiger partial charge in [0, 0.05) is 13.1 Å². The van der Waals surface area contributed by atoms with Gasteiger partial charge in [0.2, 0.25) is 0 Å². The van der Waals surface area contributed by atoms with E-state index in [0.717, 1.165) is 31.7 Å². The van der Waals surface area contributed by atoms with Gasteiger partial charge in [-0.25, -0.2) is 4.79 Å². The van der Waals surface area contributed by atoms with Crippen LogP contribution >= 0.6 is 0 Å². The normalized spacial score (nSPS) is 21.6. The Morgan fingerprint density at radius 1 is 1.36 bits per heavy atom. The van der Waals surface area contributed by atoms with E-state index in [1.165, 1.54) is 24.0 Å². The fourth-order valence-corrected chi connectivity index (χ4v) is 3.43. The van der Waals surface area contributed by atoms with Crippen molar-refractivity contribution in [1.29, 1.82) is 0 Å². The van der Waals surface area contributed by atoms with Crippen molar-refractivity contribution < 1.29 is 9.53 Å². The summed E-state index contributed by atoms with van der Waals surface area (Å²) in [5.74, 6) is 0.492. The number of hydrogen-bond donors (Lipinski definition) is 1. The van der Waals surface area contributed by atoms with Gasteiger partial charge in [0.25, 0.3) is 0 Å². The number of piperidine rings is 1. The van der Waals surface area contributed by atoms with Crippen LogP contribution in [0.4, 0.5) is 10.5 Å². The first-order valence-electron chi connectivity index (χ1n) is 8.29. The van der Waals surface area contributed by atoms with Crippen molar-refractivity contribution in [1.82, 2.24) is 5.32 Å². The fraction of sp³-hybridized carbons (Fsp3) is 0.611. The first kappa shape index (κ1) is 15.3. The molecular weight excluding hydrogens is 276 g/mol. The van der Waals surface area contributed by atoms with E-state index in [0.29, 0.717) is 5.92 Å². The second-order valence-corrected chi connectivity index (χ2v) is 7.28. The summed E-state index contributed by atoms with van der Waals surface area (Å²) < 4.78 is 5.59. The molecule has 1 fully saturated rings. The molecule has 3 rings (SSSR count). The van der Waals surface area contributed by atoms with Crippen LogP contribution < -0.4 is 10.2 Å². The van der Waals surface area contributed by atoms with Crippen molar-refractivity contribution >= 4 is 11.8 Å². The third-order valence-corrected chi connectivity index (χ3v) is 4.38. The summed E-state index contributed by atoms with van der Waals surface area (Å²) in [6.45, 7) is 8.57. The average Bonchev–Trinajstić information content (AvgIpc) is 2.90. The van der Waals surface area contributed by atoms with Gasteiger partial charge >= 0.3 is 6.09 Å². The Morgan fingerprint density at radius 2 is 2.18 bits per heavy atom. The van der Waals surface area contributed by atoms with Crippen LogP contribution in [0.1, 0.15) is 50.7 Å². The van der Waals surface area contributed by atoms with E-state index in [1.54, 1.807) is 0 Å². The predicted octanol–water partition coefficient (Wildman–Crippen LogP) is 3.45. The lowest BCUT2D eigenvalue weighted by Gasteiger charge is -2.29. The molecule has 1 aromatic carbocycles. The van der Waals surface area contributed by atoms with E-state index < -0.39 is 5.60 Å². The van der Waals surface area contributed by atoms with Crippen molar-refractivity contribution in [3.8, 4) is 0 Å². The number of nitrogens with one attached hydrogen (secondary N) is 1. The molecule has 0 saturated carbocycles. The minimum atomic E-state index is -0.457. The summed E-state index contributed by atoms with van der Waals surface area (Å²) in [5.41, 5.74) is 3.22. The third kappa shape index (κ3) is 3.12. The molecule has 2 aliphatic heterocycles. The molecule has 2 heterocycles. The maximum atomic E-state index is 12.5. The monoisotopic (exact) mass is 302 g/mol. The van der Waals surface area contributed by atoms with E-state index in [2.05, 4.69) is 23.5 Å². The summed E-state index contributed by atoms with van der Waals surface area (Å²) in [6.07, 6.45) is 3.08. The van der Waals surface area contributed by atoms with Crippen LogP contribution in [0.3, 0.4) is 0 Å². The molecule has 0 bridgehead atoms. The zero-order chi connectivity index (χ0) is 15.7. The van der Waals surface area contributed by atoms with Crippen LogP contribution in [0.2, 0.25) is 0 Å². The highest BCUT2D eigenvalue weighted by molar-refractivity contribution is 5.92. The predicted molar refractivity (Wildman–Crippen MR) is 88.6 cm³/mol. The number of nitrogens with zero attached hydrogens (tertiary/aromatic N) is 1. The molecule has 1 atom stereocenters. The highest BCUT2D eigenvalue weighted by Gasteiger charge is 2.32. The number of amides is 1. The lowest BCUT2D eigenvalue weighted by molar-refractivity contribution is 0.0583. The minimum Gasteiger partial charge on any atom is -0.443 e. The molecule has 1 unspecified atom stereocenters. The minimum absolute atomic E-state index is 0.220. The van der Waals surface area contributed by atoms with Crippen LogP contribution in [-0.2, 0) is 11.2 Å². The van der Waals surface area contributed by atoms with E-state index >= 15 is 0 Å². The van der Waals surface area contributed by atoms with Crippen LogP contribution in [0.25, 0.3) is 0 Å². The Balaban J connectivity index is 1.89. The molecule has 1 N–H and O–H groups in total. The van der Waals surface area contributed by atoms with Crippen molar-refractivity contribution in [3.05, 3.63) is 29.3 Å². The average molecular weight is 302 g/mol. The van der Waals surface area contributed by atoms with Crippen LogP contribution in [0.5, 0.6) is 0 Å². The van der Waals surface area contributed by atoms with Gasteiger partial charge in [0.05, 0.1) is 5.69 Å². The zero-order valence-electron chi connectivity index (χ0n) is 13.8. The molecule has 2 aliphatic rings. The number of para-hydroxylation sites is 1. The van der Waals surface area contributed by atoms with E-state index in [-0.39, 0.29) is 6.09 Å². The molecule has 22 heavy (non-hydrogen) atoms. The van der Waals surface area contributed by atoms with E-state index in [1.807, 2.05) is 25.7 Å². The standard InChI is InChI=1S/C18H26N2O2/c1-18(2,3)22-17(21)20-11-9-13-6-4-8-15(16(13)20)14-7-5-10-19-12-14/h4,6,8,14,19H,5,7,9-12H2,1-3H3. The molecule has 0 aromatic heterocycles. The Labute approximate surface area is 132 Å². The molecule has 1 saturated heterocycles. The smallest absolute Gasteiger partial charge is 0.414 e. The third-order valence-electron chi connectivity index (χ3n) is 4.38. The summed E-state index contributed by atoms with van der Waals surface area (Å²) in [6, 6.07) is 6.44. The SMILES string of the molecule is CC(C)(C)OC(=O)N1CCc2cccc(C3CCCNC3)c21. The van der Waals surface area contributed by atoms with E-state index in [9.17, 15) is 4.79 Å². The zero-order valence-corrected chi connectivity index (χ0v) is 13.8. The highest BCUT2D eigenvalue weighted by Crippen LogP contribution is 2.38. The largest absolute Gasteiger partial charge is 0.443 e. The molecule has 4 heteroatoms. The van der Waals surface area contributed by atoms with Crippen LogP contribution in [0, 0.1) is 0 Å². The molecular formula is C18H26N2O2. The lowest BCUT2D eigenvalue weighted by Crippen LogP contribution is -2.37. The fourth-order valence-electron chi connectivity index (χ4n) is 3.43. The van der Waals surface area contributed by atoms with E-state index in [4.69, 9.17) is 4.74 Å².